The lowest BCUT2D eigenvalue weighted by Crippen LogP contribution is -2.35. The summed E-state index contributed by atoms with van der Waals surface area (Å²) in [7, 11) is -1.62. The first kappa shape index (κ1) is 22.3. The quantitative estimate of drug-likeness (QED) is 0.558. The van der Waals surface area contributed by atoms with Gasteiger partial charge >= 0.3 is 0 Å². The maximum atomic E-state index is 13.0. The van der Waals surface area contributed by atoms with Crippen molar-refractivity contribution in [1.82, 2.24) is 19.2 Å². The minimum absolute atomic E-state index is 0.0649. The molecular formula is C21H25ClN4O3S2. The molecule has 0 unspecified atom stereocenters. The number of fused-ring (bicyclic) bond motifs is 1. The van der Waals surface area contributed by atoms with Gasteiger partial charge in [0.05, 0.1) is 26.8 Å². The van der Waals surface area contributed by atoms with Gasteiger partial charge in [-0.3, -0.25) is 4.79 Å². The molecule has 1 aliphatic rings. The molecule has 1 N–H and O–H groups in total. The first-order valence-electron chi connectivity index (χ1n) is 10.3. The number of aromatic nitrogens is 2. The van der Waals surface area contributed by atoms with E-state index in [4.69, 9.17) is 11.6 Å². The number of carbonyl (C=O) groups is 1. The summed E-state index contributed by atoms with van der Waals surface area (Å²) < 4.78 is 30.1. The topological polar surface area (TPSA) is 84.3 Å². The van der Waals surface area contributed by atoms with Gasteiger partial charge in [-0.25, -0.2) is 13.4 Å². The predicted octanol–water partition coefficient (Wildman–Crippen LogP) is 3.71. The van der Waals surface area contributed by atoms with Gasteiger partial charge in [0.2, 0.25) is 15.9 Å². The van der Waals surface area contributed by atoms with Crippen LogP contribution in [0.15, 0.2) is 35.2 Å². The fourth-order valence-corrected chi connectivity index (χ4v) is 6.38. The number of carbonyl (C=O) groups excluding carboxylic acids is 1. The molecule has 0 aliphatic carbocycles. The molecule has 0 spiro atoms. The second kappa shape index (κ2) is 9.28. The summed E-state index contributed by atoms with van der Waals surface area (Å²) in [5.41, 5.74) is 1.48. The van der Waals surface area contributed by atoms with E-state index >= 15 is 0 Å². The Labute approximate surface area is 191 Å². The van der Waals surface area contributed by atoms with Gasteiger partial charge in [-0.1, -0.05) is 18.0 Å². The number of sulfonamides is 1. The van der Waals surface area contributed by atoms with Crippen LogP contribution in [0.25, 0.3) is 11.0 Å². The van der Waals surface area contributed by atoms with E-state index in [1.807, 2.05) is 23.7 Å². The molecule has 0 radical (unpaired) electrons. The maximum absolute atomic E-state index is 13.0. The molecule has 0 atom stereocenters. The summed E-state index contributed by atoms with van der Waals surface area (Å²) in [6.45, 7) is 1.59. The molecule has 166 valence electrons. The van der Waals surface area contributed by atoms with Crippen LogP contribution in [0.4, 0.5) is 0 Å². The zero-order valence-electron chi connectivity index (χ0n) is 17.3. The number of benzene rings is 1. The fourth-order valence-electron chi connectivity index (χ4n) is 3.81. The monoisotopic (exact) mass is 480 g/mol. The van der Waals surface area contributed by atoms with Crippen LogP contribution in [0.1, 0.15) is 36.4 Å². The number of aryl methyl sites for hydroxylation is 2. The molecule has 1 amide bonds. The van der Waals surface area contributed by atoms with Crippen molar-refractivity contribution < 1.29 is 13.2 Å². The lowest BCUT2D eigenvalue weighted by molar-refractivity contribution is -0.121. The van der Waals surface area contributed by atoms with Gasteiger partial charge < -0.3 is 9.88 Å². The van der Waals surface area contributed by atoms with Crippen LogP contribution in [0.2, 0.25) is 4.34 Å². The van der Waals surface area contributed by atoms with Crippen molar-refractivity contribution >= 4 is 49.9 Å². The Hall–Kier alpha value is -1.94. The lowest BCUT2D eigenvalue weighted by atomic mass is 10.2. The number of imidazole rings is 1. The van der Waals surface area contributed by atoms with Crippen molar-refractivity contribution in [2.75, 3.05) is 13.1 Å². The van der Waals surface area contributed by atoms with Crippen LogP contribution in [-0.4, -0.2) is 41.3 Å². The van der Waals surface area contributed by atoms with E-state index in [1.54, 1.807) is 22.5 Å². The van der Waals surface area contributed by atoms with Gasteiger partial charge in [0.25, 0.3) is 0 Å². The van der Waals surface area contributed by atoms with Crippen LogP contribution in [0, 0.1) is 0 Å². The second-order valence-corrected chi connectivity index (χ2v) is 11.4. The molecule has 1 saturated heterocycles. The Kier molecular flexibility index (Phi) is 6.66. The Morgan fingerprint density at radius 1 is 1.19 bits per heavy atom. The molecule has 3 heterocycles. The van der Waals surface area contributed by atoms with Crippen molar-refractivity contribution in [2.45, 2.75) is 43.5 Å². The van der Waals surface area contributed by atoms with Crippen LogP contribution in [0.3, 0.4) is 0 Å². The van der Waals surface area contributed by atoms with Gasteiger partial charge in [0.15, 0.2) is 0 Å². The van der Waals surface area contributed by atoms with E-state index in [1.165, 1.54) is 11.3 Å². The van der Waals surface area contributed by atoms with Crippen molar-refractivity contribution in [3.05, 3.63) is 45.4 Å². The largest absolute Gasteiger partial charge is 0.351 e. The number of nitrogens with zero attached hydrogens (tertiary/aromatic N) is 3. The molecule has 3 aromatic rings. The Morgan fingerprint density at radius 2 is 1.97 bits per heavy atom. The first-order valence-corrected chi connectivity index (χ1v) is 12.9. The molecule has 4 rings (SSSR count). The molecule has 1 fully saturated rings. The molecule has 0 saturated carbocycles. The number of amides is 1. The molecule has 31 heavy (non-hydrogen) atoms. The zero-order chi connectivity index (χ0) is 22.0. The second-order valence-electron chi connectivity index (χ2n) is 7.68. The zero-order valence-corrected chi connectivity index (χ0v) is 19.7. The number of hydrogen-bond donors (Lipinski definition) is 1. The summed E-state index contributed by atoms with van der Waals surface area (Å²) >= 11 is 7.36. The molecule has 10 heteroatoms. The standard InChI is InChI=1S/C21H25ClN4O3S2/c1-25-18-7-6-16(31(28,29)26-11-3-2-4-12-26)13-17(18)24-20(25)9-10-21(27)23-14-15-5-8-19(22)30-15/h5-8,13H,2-4,9-12,14H2,1H3,(H,23,27). The summed E-state index contributed by atoms with van der Waals surface area (Å²) in [5.74, 6) is 0.682. The first-order chi connectivity index (χ1) is 14.8. The summed E-state index contributed by atoms with van der Waals surface area (Å²) in [6.07, 6.45) is 3.64. The van der Waals surface area contributed by atoms with E-state index in [0.717, 1.165) is 35.5 Å². The summed E-state index contributed by atoms with van der Waals surface area (Å²) in [4.78, 5) is 18.1. The fraction of sp³-hybridized carbons (Fsp3) is 0.429. The van der Waals surface area contributed by atoms with E-state index in [2.05, 4.69) is 10.3 Å². The minimum atomic E-state index is -3.50. The summed E-state index contributed by atoms with van der Waals surface area (Å²) in [5, 5.41) is 2.89. The van der Waals surface area contributed by atoms with Crippen LogP contribution >= 0.6 is 22.9 Å². The SMILES string of the molecule is Cn1c(CCC(=O)NCc2ccc(Cl)s2)nc2cc(S(=O)(=O)N3CCCCC3)ccc21. The molecule has 2 aromatic heterocycles. The van der Waals surface area contributed by atoms with Gasteiger partial charge in [0, 0.05) is 37.9 Å². The molecule has 1 aromatic carbocycles. The number of hydrogen-bond acceptors (Lipinski definition) is 5. The maximum Gasteiger partial charge on any atom is 0.243 e. The van der Waals surface area contributed by atoms with E-state index in [0.29, 0.717) is 42.3 Å². The lowest BCUT2D eigenvalue weighted by Gasteiger charge is -2.25. The average molecular weight is 481 g/mol. The molecule has 0 bridgehead atoms. The van der Waals surface area contributed by atoms with Crippen LogP contribution < -0.4 is 5.32 Å². The highest BCUT2D eigenvalue weighted by Crippen LogP contribution is 2.25. The van der Waals surface area contributed by atoms with Gasteiger partial charge in [-0.15, -0.1) is 11.3 Å². The number of halogens is 1. The third-order valence-corrected chi connectivity index (χ3v) is 8.69. The van der Waals surface area contributed by atoms with Gasteiger partial charge in [0.1, 0.15) is 5.82 Å². The van der Waals surface area contributed by atoms with Crippen molar-refractivity contribution in [2.24, 2.45) is 7.05 Å². The number of thiophene rings is 1. The third-order valence-electron chi connectivity index (χ3n) is 5.56. The van der Waals surface area contributed by atoms with Crippen molar-refractivity contribution in [1.29, 1.82) is 0 Å². The van der Waals surface area contributed by atoms with E-state index < -0.39 is 10.0 Å². The highest BCUT2D eigenvalue weighted by molar-refractivity contribution is 7.89. The van der Waals surface area contributed by atoms with Crippen molar-refractivity contribution in [3.63, 3.8) is 0 Å². The summed E-state index contributed by atoms with van der Waals surface area (Å²) in [6, 6.07) is 8.80. The minimum Gasteiger partial charge on any atom is -0.351 e. The Morgan fingerprint density at radius 3 is 2.68 bits per heavy atom. The Bertz CT molecular complexity index is 1200. The molecular weight excluding hydrogens is 456 g/mol. The van der Waals surface area contributed by atoms with Crippen LogP contribution in [-0.2, 0) is 34.8 Å². The Balaban J connectivity index is 1.44. The van der Waals surface area contributed by atoms with Crippen LogP contribution in [0.5, 0.6) is 0 Å². The normalized spacial score (nSPS) is 15.4. The highest BCUT2D eigenvalue weighted by Gasteiger charge is 2.26. The van der Waals surface area contributed by atoms with E-state index in [9.17, 15) is 13.2 Å². The average Bonchev–Trinajstić information content (AvgIpc) is 3.33. The predicted molar refractivity (Wildman–Crippen MR) is 123 cm³/mol. The number of nitrogens with one attached hydrogen (secondary N) is 1. The van der Waals surface area contributed by atoms with Gasteiger partial charge in [-0.05, 0) is 43.2 Å². The smallest absolute Gasteiger partial charge is 0.243 e. The van der Waals surface area contributed by atoms with Crippen molar-refractivity contribution in [3.8, 4) is 0 Å². The van der Waals surface area contributed by atoms with E-state index in [-0.39, 0.29) is 10.8 Å². The number of rotatable bonds is 7. The highest BCUT2D eigenvalue weighted by atomic mass is 35.5. The number of piperidine rings is 1. The van der Waals surface area contributed by atoms with Gasteiger partial charge in [-0.2, -0.15) is 4.31 Å². The molecule has 1 aliphatic heterocycles. The molecule has 7 nitrogen and oxygen atoms in total. The third kappa shape index (κ3) is 4.95.